The molecule has 0 unspecified atom stereocenters. The molecule has 0 fully saturated rings. The van der Waals surface area contributed by atoms with Crippen molar-refractivity contribution in [2.45, 2.75) is 6.54 Å². The van der Waals surface area contributed by atoms with Crippen molar-refractivity contribution in [1.82, 2.24) is 25.5 Å². The first-order valence-corrected chi connectivity index (χ1v) is 8.01. The Hall–Kier alpha value is -3.18. The Balaban J connectivity index is 1.57. The molecule has 0 radical (unpaired) electrons. The highest BCUT2D eigenvalue weighted by molar-refractivity contribution is 7.13. The number of nitrogens with one attached hydrogen (secondary N) is 3. The molecule has 3 heterocycles. The number of pyridine rings is 1. The fraction of sp³-hybridized carbons (Fsp3) is 0.125. The monoisotopic (exact) mass is 338 g/mol. The molecule has 0 bridgehead atoms. The highest BCUT2D eigenvalue weighted by atomic mass is 32.1. The van der Waals surface area contributed by atoms with Crippen LogP contribution in [0.1, 0.15) is 16.2 Å². The lowest BCUT2D eigenvalue weighted by molar-refractivity contribution is 0.0958. The number of nitrogens with zero attached hydrogens (tertiary/aromatic N) is 3. The second-order valence-electron chi connectivity index (χ2n) is 4.76. The fourth-order valence-corrected chi connectivity index (χ4v) is 2.59. The highest BCUT2D eigenvalue weighted by Crippen LogP contribution is 2.20. The van der Waals surface area contributed by atoms with E-state index >= 15 is 0 Å². The lowest BCUT2D eigenvalue weighted by Gasteiger charge is -2.05. The van der Waals surface area contributed by atoms with Crippen LogP contribution in [0.4, 0.5) is 5.82 Å². The number of aromatic amines is 1. The van der Waals surface area contributed by atoms with Gasteiger partial charge in [0.1, 0.15) is 11.6 Å². The van der Waals surface area contributed by atoms with Crippen LogP contribution in [0.25, 0.3) is 10.7 Å². The van der Waals surface area contributed by atoms with Gasteiger partial charge in [0.25, 0.3) is 5.91 Å². The smallest absolute Gasteiger partial charge is 0.253 e. The minimum atomic E-state index is -0.247. The third-order valence-corrected chi connectivity index (χ3v) is 3.95. The van der Waals surface area contributed by atoms with Crippen molar-refractivity contribution in [3.05, 3.63) is 47.2 Å². The van der Waals surface area contributed by atoms with Crippen LogP contribution >= 0.6 is 11.3 Å². The normalized spacial score (nSPS) is 10.1. The van der Waals surface area contributed by atoms with Gasteiger partial charge in [0.2, 0.25) is 0 Å². The quantitative estimate of drug-likeness (QED) is 0.597. The summed E-state index contributed by atoms with van der Waals surface area (Å²) in [6.07, 6.45) is 6.59. The largest absolute Gasteiger partial charge is 0.363 e. The van der Waals surface area contributed by atoms with E-state index in [1.165, 1.54) is 6.20 Å². The number of carbonyl (C=O) groups is 1. The molecule has 3 N–H and O–H groups in total. The average molecular weight is 338 g/mol. The molecule has 8 heteroatoms. The topological polar surface area (TPSA) is 95.6 Å². The van der Waals surface area contributed by atoms with Crippen LogP contribution in [0, 0.1) is 12.3 Å². The van der Waals surface area contributed by atoms with Gasteiger partial charge in [0.05, 0.1) is 23.5 Å². The molecular formula is C16H14N6OS. The van der Waals surface area contributed by atoms with Crippen LogP contribution in [-0.2, 0) is 6.54 Å². The van der Waals surface area contributed by atoms with Crippen molar-refractivity contribution in [1.29, 1.82) is 0 Å². The van der Waals surface area contributed by atoms with Crippen molar-refractivity contribution in [2.24, 2.45) is 0 Å². The first kappa shape index (κ1) is 15.7. The number of H-pyrrole nitrogens is 1. The Kier molecular flexibility index (Phi) is 4.84. The molecule has 0 aliphatic carbocycles. The Bertz CT molecular complexity index is 848. The van der Waals surface area contributed by atoms with E-state index in [0.717, 1.165) is 4.88 Å². The van der Waals surface area contributed by atoms with E-state index in [1.54, 1.807) is 23.5 Å². The maximum absolute atomic E-state index is 11.7. The number of rotatable bonds is 6. The van der Waals surface area contributed by atoms with E-state index in [9.17, 15) is 4.79 Å². The number of carbonyl (C=O) groups excluding carboxylic acids is 1. The van der Waals surface area contributed by atoms with Crippen molar-refractivity contribution in [2.75, 3.05) is 11.9 Å². The molecule has 3 aromatic rings. The van der Waals surface area contributed by atoms with Gasteiger partial charge in [0.15, 0.2) is 5.82 Å². The molecule has 0 aromatic carbocycles. The molecule has 24 heavy (non-hydrogen) atoms. The third-order valence-electron chi connectivity index (χ3n) is 3.09. The van der Waals surface area contributed by atoms with Crippen LogP contribution in [0.15, 0.2) is 35.8 Å². The van der Waals surface area contributed by atoms with Gasteiger partial charge >= 0.3 is 0 Å². The summed E-state index contributed by atoms with van der Waals surface area (Å²) >= 11 is 1.59. The number of hydrogen-bond donors (Lipinski definition) is 3. The number of terminal acetylenes is 1. The number of aromatic nitrogens is 4. The average Bonchev–Trinajstić information content (AvgIpc) is 3.29. The summed E-state index contributed by atoms with van der Waals surface area (Å²) in [5.74, 6) is 4.12. The van der Waals surface area contributed by atoms with E-state index < -0.39 is 0 Å². The Labute approximate surface area is 142 Å². The highest BCUT2D eigenvalue weighted by Gasteiger charge is 2.08. The molecule has 0 saturated heterocycles. The second kappa shape index (κ2) is 7.39. The predicted molar refractivity (Wildman–Crippen MR) is 92.4 cm³/mol. The van der Waals surface area contributed by atoms with Gasteiger partial charge in [-0.25, -0.2) is 9.97 Å². The molecule has 0 saturated carbocycles. The van der Waals surface area contributed by atoms with Gasteiger partial charge in [-0.2, -0.15) is 5.10 Å². The van der Waals surface area contributed by atoms with Crippen LogP contribution in [-0.4, -0.2) is 32.6 Å². The van der Waals surface area contributed by atoms with Crippen molar-refractivity contribution in [3.8, 4) is 23.0 Å². The van der Waals surface area contributed by atoms with E-state index in [1.807, 2.05) is 17.5 Å². The van der Waals surface area contributed by atoms with Crippen molar-refractivity contribution >= 4 is 23.1 Å². The molecule has 0 atom stereocenters. The fourth-order valence-electron chi connectivity index (χ4n) is 1.93. The Morgan fingerprint density at radius 2 is 2.29 bits per heavy atom. The van der Waals surface area contributed by atoms with Gasteiger partial charge in [-0.1, -0.05) is 12.0 Å². The zero-order valence-corrected chi connectivity index (χ0v) is 13.4. The van der Waals surface area contributed by atoms with Crippen LogP contribution < -0.4 is 10.6 Å². The minimum Gasteiger partial charge on any atom is -0.363 e. The molecule has 3 aromatic heterocycles. The molecule has 120 valence electrons. The standard InChI is InChI=1S/C16H14N6OS/c1-2-7-17-16(23)11-5-6-13(18-9-11)19-10-14-20-15(22-21-14)12-4-3-8-24-12/h1,3-6,8-9H,7,10H2,(H,17,23)(H,18,19)(H,20,21,22). The Morgan fingerprint density at radius 1 is 1.38 bits per heavy atom. The van der Waals surface area contributed by atoms with Gasteiger partial charge < -0.3 is 10.6 Å². The molecule has 0 aliphatic heterocycles. The molecule has 7 nitrogen and oxygen atoms in total. The van der Waals surface area contributed by atoms with E-state index in [-0.39, 0.29) is 12.5 Å². The summed E-state index contributed by atoms with van der Waals surface area (Å²) in [5.41, 5.74) is 0.454. The van der Waals surface area contributed by atoms with E-state index in [4.69, 9.17) is 6.42 Å². The maximum Gasteiger partial charge on any atom is 0.253 e. The lowest BCUT2D eigenvalue weighted by Crippen LogP contribution is -2.23. The predicted octanol–water partition coefficient (Wildman–Crippen LogP) is 1.90. The molecule has 1 amide bonds. The Morgan fingerprint density at radius 3 is 3.00 bits per heavy atom. The second-order valence-corrected chi connectivity index (χ2v) is 5.70. The van der Waals surface area contributed by atoms with Gasteiger partial charge in [-0.15, -0.1) is 17.8 Å². The SMILES string of the molecule is C#CCNC(=O)c1ccc(NCc2nc(-c3cccs3)n[nH]2)nc1. The van der Waals surface area contributed by atoms with Crippen LogP contribution in [0.3, 0.4) is 0 Å². The summed E-state index contributed by atoms with van der Waals surface area (Å²) in [4.78, 5) is 21.3. The zero-order valence-electron chi connectivity index (χ0n) is 12.6. The summed E-state index contributed by atoms with van der Waals surface area (Å²) in [7, 11) is 0. The molecule has 0 aliphatic rings. The molecule has 0 spiro atoms. The van der Waals surface area contributed by atoms with E-state index in [2.05, 4.69) is 36.7 Å². The molecule has 3 rings (SSSR count). The summed E-state index contributed by atoms with van der Waals surface area (Å²) in [6, 6.07) is 7.33. The van der Waals surface area contributed by atoms with Crippen LogP contribution in [0.2, 0.25) is 0 Å². The van der Waals surface area contributed by atoms with Gasteiger partial charge in [-0.3, -0.25) is 9.89 Å². The van der Waals surface area contributed by atoms with Gasteiger partial charge in [-0.05, 0) is 23.6 Å². The first-order valence-electron chi connectivity index (χ1n) is 7.13. The number of hydrogen-bond acceptors (Lipinski definition) is 6. The summed E-state index contributed by atoms with van der Waals surface area (Å²) < 4.78 is 0. The zero-order chi connectivity index (χ0) is 16.8. The first-order chi connectivity index (χ1) is 11.8. The number of thiophene rings is 1. The summed E-state index contributed by atoms with van der Waals surface area (Å²) in [6.45, 7) is 0.644. The summed E-state index contributed by atoms with van der Waals surface area (Å²) in [5, 5.41) is 14.8. The maximum atomic E-state index is 11.7. The van der Waals surface area contributed by atoms with E-state index in [0.29, 0.717) is 29.6 Å². The molecular weight excluding hydrogens is 324 g/mol. The minimum absolute atomic E-state index is 0.191. The number of amides is 1. The lowest BCUT2D eigenvalue weighted by atomic mass is 10.2. The van der Waals surface area contributed by atoms with Crippen molar-refractivity contribution < 1.29 is 4.79 Å². The third kappa shape index (κ3) is 3.77. The van der Waals surface area contributed by atoms with Crippen molar-refractivity contribution in [3.63, 3.8) is 0 Å². The van der Waals surface area contributed by atoms with Crippen LogP contribution in [0.5, 0.6) is 0 Å². The van der Waals surface area contributed by atoms with Gasteiger partial charge in [0, 0.05) is 6.20 Å². The number of anilines is 1.